The molecule has 1 amide bonds. The van der Waals surface area contributed by atoms with Gasteiger partial charge in [-0.3, -0.25) is 14.3 Å². The average molecular weight is 524 g/mol. The molecule has 2 aliphatic heterocycles. The van der Waals surface area contributed by atoms with Gasteiger partial charge in [-0.15, -0.1) is 11.8 Å². The van der Waals surface area contributed by atoms with E-state index in [1.807, 2.05) is 31.7 Å². The number of piperazine rings is 1. The number of rotatable bonds is 4. The monoisotopic (exact) mass is 523 g/mol. The van der Waals surface area contributed by atoms with Gasteiger partial charge in [0.1, 0.15) is 11.6 Å². The molecule has 4 heterocycles. The van der Waals surface area contributed by atoms with Crippen LogP contribution in [0.25, 0.3) is 22.2 Å². The second-order valence-corrected chi connectivity index (χ2v) is 10.7. The summed E-state index contributed by atoms with van der Waals surface area (Å²) >= 11 is 1.62. The highest BCUT2D eigenvalue weighted by molar-refractivity contribution is 7.99. The number of amides is 1. The molecule has 0 radical (unpaired) electrons. The van der Waals surface area contributed by atoms with E-state index in [0.29, 0.717) is 36.9 Å². The molecule has 0 saturated carbocycles. The van der Waals surface area contributed by atoms with E-state index in [1.165, 1.54) is 18.3 Å². The van der Waals surface area contributed by atoms with Crippen molar-refractivity contribution >= 4 is 34.4 Å². The second kappa shape index (κ2) is 9.90. The Morgan fingerprint density at radius 1 is 1.24 bits per heavy atom. The van der Waals surface area contributed by atoms with Crippen LogP contribution in [0.2, 0.25) is 0 Å². The largest absolute Gasteiger partial charge is 0.379 e. The molecule has 1 fully saturated rings. The number of nitrogens with zero attached hydrogens (tertiary/aromatic N) is 5. The molecule has 5 rings (SSSR count). The van der Waals surface area contributed by atoms with E-state index < -0.39 is 5.82 Å². The fourth-order valence-corrected chi connectivity index (χ4v) is 6.89. The Hall–Kier alpha value is -3.24. The van der Waals surface area contributed by atoms with Gasteiger partial charge in [0.15, 0.2) is 0 Å². The van der Waals surface area contributed by atoms with Crippen molar-refractivity contribution in [2.45, 2.75) is 50.4 Å². The van der Waals surface area contributed by atoms with Crippen molar-refractivity contribution in [3.05, 3.63) is 58.9 Å². The number of ether oxygens (including phenoxy) is 1. The number of thioether (sulfide) groups is 1. The topological polar surface area (TPSA) is 80.6 Å². The van der Waals surface area contributed by atoms with Crippen molar-refractivity contribution in [3.63, 3.8) is 0 Å². The Morgan fingerprint density at radius 3 is 2.59 bits per heavy atom. The lowest BCUT2D eigenvalue weighted by Gasteiger charge is -2.44. The third kappa shape index (κ3) is 4.42. The number of pyridine rings is 1. The van der Waals surface area contributed by atoms with Crippen molar-refractivity contribution in [3.8, 4) is 11.3 Å². The quantitative estimate of drug-likeness (QED) is 0.483. The van der Waals surface area contributed by atoms with Gasteiger partial charge in [-0.25, -0.2) is 9.18 Å². The van der Waals surface area contributed by atoms with Gasteiger partial charge >= 0.3 is 5.69 Å². The smallest absolute Gasteiger partial charge is 0.350 e. The lowest BCUT2D eigenvalue weighted by molar-refractivity contribution is -0.130. The zero-order chi connectivity index (χ0) is 26.4. The summed E-state index contributed by atoms with van der Waals surface area (Å²) < 4.78 is 21.0. The summed E-state index contributed by atoms with van der Waals surface area (Å²) in [6, 6.07) is 4.94. The number of benzene rings is 1. The molecule has 0 bridgehead atoms. The average Bonchev–Trinajstić information content (AvgIpc) is 3.07. The van der Waals surface area contributed by atoms with Gasteiger partial charge in [-0.2, -0.15) is 4.98 Å². The van der Waals surface area contributed by atoms with E-state index >= 15 is 0 Å². The third-order valence-electron chi connectivity index (χ3n) is 7.16. The standard InChI is InChI=1S/C27H30FN5O3S/c1-6-22(34)33-16(3)11-31(12-17(33)4)26-20-9-15(2)23(21-8-7-18(28)10-29-21)25-24(20)32(27(35)30-26)13-19(36-5)14-37-25/h6-10,16-17,19H,1,11-14H2,2-5H3/t16-,17+,19-/m0/s1. The number of carbonyl (C=O) groups excluding carboxylic acids is 1. The minimum atomic E-state index is -0.402. The minimum Gasteiger partial charge on any atom is -0.379 e. The number of aryl methyl sites for hydroxylation is 1. The normalized spacial score (nSPS) is 21.7. The summed E-state index contributed by atoms with van der Waals surface area (Å²) in [4.78, 5) is 39.7. The van der Waals surface area contributed by atoms with E-state index in [1.54, 1.807) is 29.5 Å². The second-order valence-electron chi connectivity index (χ2n) is 9.71. The first-order valence-electron chi connectivity index (χ1n) is 12.3. The summed E-state index contributed by atoms with van der Waals surface area (Å²) in [5, 5.41) is 0.866. The van der Waals surface area contributed by atoms with E-state index in [2.05, 4.69) is 21.4 Å². The maximum absolute atomic E-state index is 13.7. The summed E-state index contributed by atoms with van der Waals surface area (Å²) in [5.74, 6) is 0.757. The zero-order valence-electron chi connectivity index (χ0n) is 21.4. The van der Waals surface area contributed by atoms with E-state index in [-0.39, 0.29) is 29.8 Å². The van der Waals surface area contributed by atoms with Gasteiger partial charge in [0, 0.05) is 53.9 Å². The van der Waals surface area contributed by atoms with Crippen LogP contribution in [0.3, 0.4) is 0 Å². The highest BCUT2D eigenvalue weighted by Gasteiger charge is 2.34. The predicted molar refractivity (Wildman–Crippen MR) is 144 cm³/mol. The van der Waals surface area contributed by atoms with Crippen molar-refractivity contribution in [2.75, 3.05) is 30.9 Å². The number of aromatic nitrogens is 3. The van der Waals surface area contributed by atoms with Crippen LogP contribution in [0.1, 0.15) is 19.4 Å². The molecule has 2 aliphatic rings. The molecular formula is C27H30FN5O3S. The summed E-state index contributed by atoms with van der Waals surface area (Å²) in [5.41, 5.74) is 2.93. The molecule has 10 heteroatoms. The lowest BCUT2D eigenvalue weighted by Crippen LogP contribution is -2.58. The molecule has 1 saturated heterocycles. The van der Waals surface area contributed by atoms with Crippen LogP contribution in [0.4, 0.5) is 10.2 Å². The minimum absolute atomic E-state index is 0.0836. The molecule has 0 spiro atoms. The highest BCUT2D eigenvalue weighted by atomic mass is 32.2. The lowest BCUT2D eigenvalue weighted by atomic mass is 10.0. The zero-order valence-corrected chi connectivity index (χ0v) is 22.2. The summed E-state index contributed by atoms with van der Waals surface area (Å²) in [7, 11) is 1.64. The Kier molecular flexibility index (Phi) is 6.80. The van der Waals surface area contributed by atoms with Gasteiger partial charge in [-0.1, -0.05) is 6.58 Å². The van der Waals surface area contributed by atoms with Crippen molar-refractivity contribution < 1.29 is 13.9 Å². The molecule has 2 aromatic heterocycles. The van der Waals surface area contributed by atoms with Gasteiger partial charge in [-0.05, 0) is 50.6 Å². The Morgan fingerprint density at radius 2 is 1.97 bits per heavy atom. The van der Waals surface area contributed by atoms with Crippen molar-refractivity contribution in [1.29, 1.82) is 0 Å². The predicted octanol–water partition coefficient (Wildman–Crippen LogP) is 3.64. The number of carbonyl (C=O) groups is 1. The van der Waals surface area contributed by atoms with Crippen LogP contribution in [-0.4, -0.2) is 69.5 Å². The Bertz CT molecular complexity index is 1430. The SMILES string of the molecule is C=CC(=O)N1[C@H](C)CN(c2nc(=O)n3c4c(c(-c5ccc(F)cn5)c(C)cc24)SC[C@@H](OC)C3)C[C@@H]1C. The van der Waals surface area contributed by atoms with Crippen LogP contribution in [0, 0.1) is 12.7 Å². The highest BCUT2D eigenvalue weighted by Crippen LogP contribution is 2.43. The van der Waals surface area contributed by atoms with Gasteiger partial charge in [0.05, 0.1) is 30.1 Å². The molecule has 37 heavy (non-hydrogen) atoms. The molecule has 1 aromatic carbocycles. The summed E-state index contributed by atoms with van der Waals surface area (Å²) in [6.45, 7) is 11.1. The maximum atomic E-state index is 13.7. The first kappa shape index (κ1) is 25.4. The van der Waals surface area contributed by atoms with Crippen molar-refractivity contribution in [1.82, 2.24) is 19.4 Å². The van der Waals surface area contributed by atoms with Crippen LogP contribution in [-0.2, 0) is 16.1 Å². The van der Waals surface area contributed by atoms with E-state index in [4.69, 9.17) is 4.74 Å². The fraction of sp³-hybridized carbons (Fsp3) is 0.407. The fourth-order valence-electron chi connectivity index (χ4n) is 5.53. The molecule has 3 atom stereocenters. The van der Waals surface area contributed by atoms with Crippen molar-refractivity contribution in [2.24, 2.45) is 0 Å². The number of methoxy groups -OCH3 is 1. The van der Waals surface area contributed by atoms with E-state index in [9.17, 15) is 14.0 Å². The van der Waals surface area contributed by atoms with E-state index in [0.717, 1.165) is 26.9 Å². The molecule has 3 aromatic rings. The van der Waals surface area contributed by atoms with Gasteiger partial charge < -0.3 is 14.5 Å². The molecule has 8 nitrogen and oxygen atoms in total. The van der Waals surface area contributed by atoms with Crippen LogP contribution >= 0.6 is 11.8 Å². The Balaban J connectivity index is 1.73. The number of halogens is 1. The molecule has 0 aliphatic carbocycles. The first-order chi connectivity index (χ1) is 17.7. The molecule has 0 N–H and O–H groups in total. The van der Waals surface area contributed by atoms with Crippen LogP contribution in [0.15, 0.2) is 46.7 Å². The number of hydrogen-bond acceptors (Lipinski definition) is 7. The molecule has 194 valence electrons. The van der Waals surface area contributed by atoms with Crippen LogP contribution in [0.5, 0.6) is 0 Å². The first-order valence-corrected chi connectivity index (χ1v) is 13.3. The number of anilines is 1. The third-order valence-corrected chi connectivity index (χ3v) is 8.38. The van der Waals surface area contributed by atoms with Crippen LogP contribution < -0.4 is 10.6 Å². The molecule has 0 unspecified atom stereocenters. The number of hydrogen-bond donors (Lipinski definition) is 0. The van der Waals surface area contributed by atoms with Gasteiger partial charge in [0.2, 0.25) is 5.91 Å². The molecular weight excluding hydrogens is 493 g/mol. The maximum Gasteiger partial charge on any atom is 0.350 e. The summed E-state index contributed by atoms with van der Waals surface area (Å²) in [6.07, 6.45) is 2.38. The van der Waals surface area contributed by atoms with Gasteiger partial charge in [0.25, 0.3) is 0 Å². The Labute approximate surface area is 219 Å².